The molecule has 6 heteroatoms. The van der Waals surface area contributed by atoms with Gasteiger partial charge < -0.3 is 4.74 Å². The van der Waals surface area contributed by atoms with E-state index in [4.69, 9.17) is 10.00 Å². The summed E-state index contributed by atoms with van der Waals surface area (Å²) in [6.07, 6.45) is 0. The van der Waals surface area contributed by atoms with Gasteiger partial charge in [0, 0.05) is 5.56 Å². The van der Waals surface area contributed by atoms with Crippen molar-refractivity contribution < 1.29 is 14.1 Å². The number of rotatable bonds is 3. The Morgan fingerprint density at radius 1 is 1.25 bits per heavy atom. The minimum atomic E-state index is -1.02. The summed E-state index contributed by atoms with van der Waals surface area (Å²) < 4.78 is 18.5. The lowest BCUT2D eigenvalue weighted by Gasteiger charge is -2.06. The second kappa shape index (κ2) is 5.36. The van der Waals surface area contributed by atoms with Gasteiger partial charge >= 0.3 is 5.69 Å². The van der Waals surface area contributed by atoms with Crippen LogP contribution in [0.5, 0.6) is 5.75 Å². The zero-order valence-corrected chi connectivity index (χ0v) is 10.5. The van der Waals surface area contributed by atoms with E-state index in [-0.39, 0.29) is 5.56 Å². The van der Waals surface area contributed by atoms with Crippen LogP contribution in [0.3, 0.4) is 0 Å². The second-order valence-corrected chi connectivity index (χ2v) is 3.92. The number of nitro benzene ring substituents is 1. The van der Waals surface area contributed by atoms with Crippen molar-refractivity contribution in [2.24, 2.45) is 0 Å². The average Bonchev–Trinajstić information content (AvgIpc) is 2.46. The van der Waals surface area contributed by atoms with Gasteiger partial charge in [0.15, 0.2) is 0 Å². The van der Waals surface area contributed by atoms with Crippen LogP contribution in [0.2, 0.25) is 0 Å². The Balaban J connectivity index is 2.65. The lowest BCUT2D eigenvalue weighted by atomic mass is 9.98. The lowest BCUT2D eigenvalue weighted by molar-refractivity contribution is -0.387. The molecule has 0 aliphatic carbocycles. The van der Waals surface area contributed by atoms with Crippen LogP contribution >= 0.6 is 0 Å². The fraction of sp³-hybridized carbons (Fsp3) is 0.0714. The Hall–Kier alpha value is -2.94. The van der Waals surface area contributed by atoms with E-state index in [0.29, 0.717) is 16.9 Å². The van der Waals surface area contributed by atoms with Gasteiger partial charge in [-0.15, -0.1) is 0 Å². The summed E-state index contributed by atoms with van der Waals surface area (Å²) in [6, 6.07) is 10.7. The van der Waals surface area contributed by atoms with Crippen LogP contribution in [-0.2, 0) is 0 Å². The van der Waals surface area contributed by atoms with Crippen LogP contribution in [0.25, 0.3) is 11.1 Å². The van der Waals surface area contributed by atoms with E-state index in [1.807, 2.05) is 0 Å². The molecule has 2 rings (SSSR count). The van der Waals surface area contributed by atoms with Crippen LogP contribution in [0.1, 0.15) is 5.56 Å². The van der Waals surface area contributed by atoms with Gasteiger partial charge in [-0.05, 0) is 29.8 Å². The van der Waals surface area contributed by atoms with E-state index in [1.165, 1.54) is 13.2 Å². The lowest BCUT2D eigenvalue weighted by Crippen LogP contribution is -1.98. The summed E-state index contributed by atoms with van der Waals surface area (Å²) in [5, 5.41) is 20.0. The molecule has 0 aliphatic rings. The highest BCUT2D eigenvalue weighted by atomic mass is 19.1. The van der Waals surface area contributed by atoms with Crippen molar-refractivity contribution >= 4 is 5.69 Å². The monoisotopic (exact) mass is 272 g/mol. The van der Waals surface area contributed by atoms with E-state index in [9.17, 15) is 14.5 Å². The molecule has 0 atom stereocenters. The Kier molecular flexibility index (Phi) is 3.62. The normalized spacial score (nSPS) is 9.85. The van der Waals surface area contributed by atoms with E-state index in [0.717, 1.165) is 6.07 Å². The molecule has 20 heavy (non-hydrogen) atoms. The highest BCUT2D eigenvalue weighted by Gasteiger charge is 2.24. The maximum Gasteiger partial charge on any atom is 0.323 e. The SMILES string of the molecule is COc1ccc(-c2ccc(F)c([N+](=O)[O-])c2C#N)cc1. The largest absolute Gasteiger partial charge is 0.497 e. The minimum absolute atomic E-state index is 0.292. The fourth-order valence-electron chi connectivity index (χ4n) is 1.87. The minimum Gasteiger partial charge on any atom is -0.497 e. The summed E-state index contributed by atoms with van der Waals surface area (Å²) >= 11 is 0. The van der Waals surface area contributed by atoms with Crippen LogP contribution in [0.15, 0.2) is 36.4 Å². The maximum absolute atomic E-state index is 13.5. The molecule has 0 unspecified atom stereocenters. The van der Waals surface area contributed by atoms with Gasteiger partial charge in [-0.25, -0.2) is 0 Å². The molecule has 0 saturated heterocycles. The third-order valence-electron chi connectivity index (χ3n) is 2.82. The first kappa shape index (κ1) is 13.5. The summed E-state index contributed by atoms with van der Waals surface area (Å²) in [5.41, 5.74) is -0.213. The van der Waals surface area contributed by atoms with Crippen LogP contribution < -0.4 is 4.74 Å². The molecule has 0 aliphatic heterocycles. The average molecular weight is 272 g/mol. The number of halogens is 1. The predicted molar refractivity (Wildman–Crippen MR) is 69.8 cm³/mol. The molecule has 0 bridgehead atoms. The molecule has 0 saturated carbocycles. The van der Waals surface area contributed by atoms with Gasteiger partial charge in [-0.2, -0.15) is 9.65 Å². The van der Waals surface area contributed by atoms with Crippen molar-refractivity contribution in [2.75, 3.05) is 7.11 Å². The quantitative estimate of drug-likeness (QED) is 0.634. The van der Waals surface area contributed by atoms with Gasteiger partial charge in [0.1, 0.15) is 17.4 Å². The Morgan fingerprint density at radius 2 is 1.90 bits per heavy atom. The molecule has 2 aromatic carbocycles. The molecule has 0 fully saturated rings. The van der Waals surface area contributed by atoms with Crippen LogP contribution in [0, 0.1) is 27.3 Å². The number of hydrogen-bond donors (Lipinski definition) is 0. The molecule has 0 aromatic heterocycles. The van der Waals surface area contributed by atoms with Crippen molar-refractivity contribution in [3.63, 3.8) is 0 Å². The number of nitrogens with zero attached hydrogens (tertiary/aromatic N) is 2. The van der Waals surface area contributed by atoms with E-state index < -0.39 is 16.4 Å². The molecule has 0 heterocycles. The zero-order chi connectivity index (χ0) is 14.7. The van der Waals surface area contributed by atoms with Crippen LogP contribution in [0.4, 0.5) is 10.1 Å². The first-order chi connectivity index (χ1) is 9.58. The van der Waals surface area contributed by atoms with E-state index >= 15 is 0 Å². The topological polar surface area (TPSA) is 76.2 Å². The Morgan fingerprint density at radius 3 is 2.40 bits per heavy atom. The van der Waals surface area contributed by atoms with E-state index in [2.05, 4.69) is 0 Å². The van der Waals surface area contributed by atoms with Crippen molar-refractivity contribution in [3.05, 3.63) is 57.9 Å². The molecule has 0 radical (unpaired) electrons. The van der Waals surface area contributed by atoms with Gasteiger partial charge in [0.05, 0.1) is 12.0 Å². The standard InChI is InChI=1S/C14H9FN2O3/c1-20-10-4-2-9(3-5-10)11-6-7-13(15)14(17(18)19)12(11)8-16/h2-7H,1H3. The number of nitriles is 1. The first-order valence-corrected chi connectivity index (χ1v) is 5.60. The molecule has 0 spiro atoms. The number of methoxy groups -OCH3 is 1. The first-order valence-electron chi connectivity index (χ1n) is 5.60. The molecule has 2 aromatic rings. The van der Waals surface area contributed by atoms with Crippen molar-refractivity contribution in [1.82, 2.24) is 0 Å². The highest BCUT2D eigenvalue weighted by Crippen LogP contribution is 2.32. The van der Waals surface area contributed by atoms with Gasteiger partial charge in [0.25, 0.3) is 0 Å². The van der Waals surface area contributed by atoms with Crippen molar-refractivity contribution in [3.8, 4) is 22.9 Å². The second-order valence-electron chi connectivity index (χ2n) is 3.92. The Bertz CT molecular complexity index is 706. The molecule has 0 amide bonds. The third kappa shape index (κ3) is 2.29. The summed E-state index contributed by atoms with van der Waals surface area (Å²) in [6.45, 7) is 0. The molecule has 5 nitrogen and oxygen atoms in total. The molecular formula is C14H9FN2O3. The molecular weight excluding hydrogens is 263 g/mol. The van der Waals surface area contributed by atoms with Crippen molar-refractivity contribution in [1.29, 1.82) is 5.26 Å². The van der Waals surface area contributed by atoms with Crippen molar-refractivity contribution in [2.45, 2.75) is 0 Å². The summed E-state index contributed by atoms with van der Waals surface area (Å²) in [4.78, 5) is 9.99. The number of benzene rings is 2. The highest BCUT2D eigenvalue weighted by molar-refractivity contribution is 5.75. The van der Waals surface area contributed by atoms with Gasteiger partial charge in [0.2, 0.25) is 5.82 Å². The predicted octanol–water partition coefficient (Wildman–Crippen LogP) is 3.28. The number of hydrogen-bond acceptors (Lipinski definition) is 4. The Labute approximate surface area is 114 Å². The zero-order valence-electron chi connectivity index (χ0n) is 10.5. The fourth-order valence-corrected chi connectivity index (χ4v) is 1.87. The summed E-state index contributed by atoms with van der Waals surface area (Å²) in [5.74, 6) is -0.410. The molecule has 0 N–H and O–H groups in total. The smallest absolute Gasteiger partial charge is 0.323 e. The maximum atomic E-state index is 13.5. The summed E-state index contributed by atoms with van der Waals surface area (Å²) in [7, 11) is 1.51. The van der Waals surface area contributed by atoms with E-state index in [1.54, 1.807) is 30.3 Å². The number of ether oxygens (including phenoxy) is 1. The van der Waals surface area contributed by atoms with Gasteiger partial charge in [-0.1, -0.05) is 12.1 Å². The molecule has 100 valence electrons. The van der Waals surface area contributed by atoms with Crippen LogP contribution in [-0.4, -0.2) is 12.0 Å². The third-order valence-corrected chi connectivity index (χ3v) is 2.82. The van der Waals surface area contributed by atoms with Gasteiger partial charge in [-0.3, -0.25) is 10.1 Å². The number of nitro groups is 1.